The summed E-state index contributed by atoms with van der Waals surface area (Å²) in [5.41, 5.74) is 7.70. The number of anilines is 2. The molecule has 0 radical (unpaired) electrons. The molecule has 1 aromatic carbocycles. The van der Waals surface area contributed by atoms with Crippen LogP contribution in [0.1, 0.15) is 19.3 Å². The highest BCUT2D eigenvalue weighted by atomic mass is 16.1. The highest BCUT2D eigenvalue weighted by Gasteiger charge is 2.18. The molecule has 1 aromatic rings. The van der Waals surface area contributed by atoms with Gasteiger partial charge in [-0.25, -0.2) is 0 Å². The number of carbonyl (C=O) groups is 1. The Hall–Kier alpha value is -1.51. The lowest BCUT2D eigenvalue weighted by Gasteiger charge is -2.33. The van der Waals surface area contributed by atoms with Crippen LogP contribution in [0.15, 0.2) is 24.3 Å². The van der Waals surface area contributed by atoms with Crippen molar-refractivity contribution in [3.05, 3.63) is 24.3 Å². The van der Waals surface area contributed by atoms with Crippen molar-refractivity contribution in [1.82, 2.24) is 0 Å². The largest absolute Gasteiger partial charge is 0.399 e. The monoisotopic (exact) mass is 218 g/mol. The number of piperidine rings is 1. The maximum atomic E-state index is 10.4. The molecule has 16 heavy (non-hydrogen) atoms. The van der Waals surface area contributed by atoms with E-state index in [0.717, 1.165) is 44.3 Å². The lowest BCUT2D eigenvalue weighted by Crippen LogP contribution is -2.33. The Bertz CT molecular complexity index is 339. The van der Waals surface area contributed by atoms with Crippen molar-refractivity contribution in [3.8, 4) is 0 Å². The normalized spacial score (nSPS) is 17.4. The van der Waals surface area contributed by atoms with Crippen LogP contribution in [-0.4, -0.2) is 19.4 Å². The Labute approximate surface area is 96.2 Å². The molecule has 2 rings (SSSR count). The van der Waals surface area contributed by atoms with Crippen LogP contribution >= 0.6 is 0 Å². The Morgan fingerprint density at radius 1 is 1.25 bits per heavy atom. The van der Waals surface area contributed by atoms with Gasteiger partial charge in [0.2, 0.25) is 0 Å². The second-order valence-corrected chi connectivity index (χ2v) is 4.42. The van der Waals surface area contributed by atoms with E-state index in [0.29, 0.717) is 5.92 Å². The quantitative estimate of drug-likeness (QED) is 0.624. The fourth-order valence-corrected chi connectivity index (χ4v) is 2.25. The summed E-state index contributed by atoms with van der Waals surface area (Å²) in [4.78, 5) is 12.8. The minimum absolute atomic E-state index is 0.586. The molecule has 0 amide bonds. The van der Waals surface area contributed by atoms with Crippen LogP contribution in [0.3, 0.4) is 0 Å². The number of benzene rings is 1. The van der Waals surface area contributed by atoms with Crippen LogP contribution in [0.5, 0.6) is 0 Å². The summed E-state index contributed by atoms with van der Waals surface area (Å²) in [7, 11) is 0. The number of nitrogens with zero attached hydrogens (tertiary/aromatic N) is 1. The van der Waals surface area contributed by atoms with Gasteiger partial charge in [0.05, 0.1) is 0 Å². The Kier molecular flexibility index (Phi) is 3.44. The summed E-state index contributed by atoms with van der Waals surface area (Å²) in [5.74, 6) is 0.586. The highest BCUT2D eigenvalue weighted by molar-refractivity contribution is 5.53. The van der Waals surface area contributed by atoms with Gasteiger partial charge in [-0.15, -0.1) is 0 Å². The molecule has 0 aromatic heterocycles. The van der Waals surface area contributed by atoms with E-state index in [1.807, 2.05) is 12.1 Å². The van der Waals surface area contributed by atoms with Crippen molar-refractivity contribution in [2.24, 2.45) is 5.92 Å². The first-order valence-corrected chi connectivity index (χ1v) is 5.83. The van der Waals surface area contributed by atoms with E-state index >= 15 is 0 Å². The molecule has 0 bridgehead atoms. The van der Waals surface area contributed by atoms with Crippen molar-refractivity contribution >= 4 is 17.7 Å². The standard InChI is InChI=1S/C13H18N2O/c14-12-1-3-13(4-2-12)15-8-5-11(6-9-15)7-10-16/h1-4,10-11H,5-9,14H2. The third kappa shape index (κ3) is 2.54. The maximum absolute atomic E-state index is 10.4. The molecule has 3 heteroatoms. The highest BCUT2D eigenvalue weighted by Crippen LogP contribution is 2.25. The Morgan fingerprint density at radius 3 is 2.44 bits per heavy atom. The number of nitrogen functional groups attached to an aromatic ring is 1. The summed E-state index contributed by atoms with van der Waals surface area (Å²) < 4.78 is 0. The molecule has 0 saturated carbocycles. The number of carbonyl (C=O) groups excluding carboxylic acids is 1. The van der Waals surface area contributed by atoms with Crippen molar-refractivity contribution in [2.75, 3.05) is 23.7 Å². The summed E-state index contributed by atoms with van der Waals surface area (Å²) >= 11 is 0. The number of aldehydes is 1. The lowest BCUT2D eigenvalue weighted by molar-refractivity contribution is -0.108. The third-order valence-corrected chi connectivity index (χ3v) is 3.30. The van der Waals surface area contributed by atoms with Crippen LogP contribution in [-0.2, 0) is 4.79 Å². The van der Waals surface area contributed by atoms with E-state index in [1.54, 1.807) is 0 Å². The average molecular weight is 218 g/mol. The molecule has 1 heterocycles. The number of nitrogens with two attached hydrogens (primary N) is 1. The second-order valence-electron chi connectivity index (χ2n) is 4.42. The van der Waals surface area contributed by atoms with Crippen LogP contribution in [0.2, 0.25) is 0 Å². The average Bonchev–Trinajstić information content (AvgIpc) is 2.32. The van der Waals surface area contributed by atoms with Gasteiger partial charge < -0.3 is 15.4 Å². The zero-order chi connectivity index (χ0) is 11.4. The van der Waals surface area contributed by atoms with E-state index < -0.39 is 0 Å². The lowest BCUT2D eigenvalue weighted by atomic mass is 9.94. The van der Waals surface area contributed by atoms with Gasteiger partial charge in [0.25, 0.3) is 0 Å². The van der Waals surface area contributed by atoms with Gasteiger partial charge in [-0.05, 0) is 43.0 Å². The molecule has 1 saturated heterocycles. The molecule has 0 atom stereocenters. The van der Waals surface area contributed by atoms with Gasteiger partial charge in [-0.1, -0.05) is 0 Å². The van der Waals surface area contributed by atoms with Crippen molar-refractivity contribution < 1.29 is 4.79 Å². The predicted molar refractivity (Wildman–Crippen MR) is 66.5 cm³/mol. The van der Waals surface area contributed by atoms with Crippen LogP contribution in [0.4, 0.5) is 11.4 Å². The molecule has 1 fully saturated rings. The first-order chi connectivity index (χ1) is 7.79. The number of hydrogen-bond donors (Lipinski definition) is 1. The second kappa shape index (κ2) is 5.01. The van der Waals surface area contributed by atoms with E-state index in [-0.39, 0.29) is 0 Å². The zero-order valence-corrected chi connectivity index (χ0v) is 9.43. The van der Waals surface area contributed by atoms with Crippen LogP contribution in [0, 0.1) is 5.92 Å². The maximum Gasteiger partial charge on any atom is 0.120 e. The summed E-state index contributed by atoms with van der Waals surface area (Å²) in [6, 6.07) is 8.00. The van der Waals surface area contributed by atoms with Gasteiger partial charge in [-0.3, -0.25) is 0 Å². The van der Waals surface area contributed by atoms with Crippen molar-refractivity contribution in [3.63, 3.8) is 0 Å². The van der Waals surface area contributed by atoms with Gasteiger partial charge in [0, 0.05) is 30.9 Å². The summed E-state index contributed by atoms with van der Waals surface area (Å²) in [5, 5.41) is 0. The molecule has 1 aliphatic rings. The van der Waals surface area contributed by atoms with E-state index in [2.05, 4.69) is 17.0 Å². The molecular formula is C13H18N2O. The molecule has 0 spiro atoms. The molecule has 0 unspecified atom stereocenters. The molecule has 86 valence electrons. The van der Waals surface area contributed by atoms with Crippen LogP contribution in [0.25, 0.3) is 0 Å². The Morgan fingerprint density at radius 2 is 1.88 bits per heavy atom. The van der Waals surface area contributed by atoms with Gasteiger partial charge in [0.1, 0.15) is 6.29 Å². The van der Waals surface area contributed by atoms with E-state index in [9.17, 15) is 4.79 Å². The van der Waals surface area contributed by atoms with Gasteiger partial charge >= 0.3 is 0 Å². The predicted octanol–water partition coefficient (Wildman–Crippen LogP) is 2.07. The molecule has 2 N–H and O–H groups in total. The summed E-state index contributed by atoms with van der Waals surface area (Å²) in [6.07, 6.45) is 3.99. The van der Waals surface area contributed by atoms with E-state index in [4.69, 9.17) is 5.73 Å². The fraction of sp³-hybridized carbons (Fsp3) is 0.462. The minimum atomic E-state index is 0.586. The molecule has 0 aliphatic carbocycles. The minimum Gasteiger partial charge on any atom is -0.399 e. The smallest absolute Gasteiger partial charge is 0.120 e. The first-order valence-electron chi connectivity index (χ1n) is 5.83. The van der Waals surface area contributed by atoms with Crippen LogP contribution < -0.4 is 10.6 Å². The topological polar surface area (TPSA) is 46.3 Å². The van der Waals surface area contributed by atoms with Gasteiger partial charge in [-0.2, -0.15) is 0 Å². The number of hydrogen-bond acceptors (Lipinski definition) is 3. The third-order valence-electron chi connectivity index (χ3n) is 3.30. The molecule has 3 nitrogen and oxygen atoms in total. The number of rotatable bonds is 3. The SMILES string of the molecule is Nc1ccc(N2CCC(CC=O)CC2)cc1. The summed E-state index contributed by atoms with van der Waals surface area (Å²) in [6.45, 7) is 2.09. The first kappa shape index (κ1) is 11.0. The van der Waals surface area contributed by atoms with Gasteiger partial charge in [0.15, 0.2) is 0 Å². The zero-order valence-electron chi connectivity index (χ0n) is 9.43. The van der Waals surface area contributed by atoms with Crippen molar-refractivity contribution in [1.29, 1.82) is 0 Å². The Balaban J connectivity index is 1.93. The van der Waals surface area contributed by atoms with Crippen molar-refractivity contribution in [2.45, 2.75) is 19.3 Å². The molecular weight excluding hydrogens is 200 g/mol. The van der Waals surface area contributed by atoms with E-state index in [1.165, 1.54) is 5.69 Å². The fourth-order valence-electron chi connectivity index (χ4n) is 2.25. The molecule has 1 aliphatic heterocycles.